The first-order valence-electron chi connectivity index (χ1n) is 5.60. The summed E-state index contributed by atoms with van der Waals surface area (Å²) in [5.74, 6) is 1.09. The number of hydrogen-bond donors (Lipinski definition) is 1. The van der Waals surface area contributed by atoms with Crippen molar-refractivity contribution in [3.63, 3.8) is 0 Å². The molecule has 0 aromatic carbocycles. The maximum absolute atomic E-state index is 4.26. The second-order valence-corrected chi connectivity index (χ2v) is 4.65. The maximum atomic E-state index is 4.26. The zero-order chi connectivity index (χ0) is 11.5. The van der Waals surface area contributed by atoms with Gasteiger partial charge in [-0.05, 0) is 40.9 Å². The normalized spacial score (nSPS) is 10.8. The highest BCUT2D eigenvalue weighted by Gasteiger charge is 1.99. The predicted octanol–water partition coefficient (Wildman–Crippen LogP) is 3.05. The third-order valence-corrected chi connectivity index (χ3v) is 3.46. The van der Waals surface area contributed by atoms with Gasteiger partial charge in [-0.15, -0.1) is 0 Å². The van der Waals surface area contributed by atoms with Crippen molar-refractivity contribution in [1.82, 2.24) is 9.38 Å². The molecule has 0 spiro atoms. The molecule has 0 radical (unpaired) electrons. The van der Waals surface area contributed by atoms with Crippen LogP contribution in [0.3, 0.4) is 0 Å². The Morgan fingerprint density at radius 3 is 3.18 bits per heavy atom. The Kier molecular flexibility index (Phi) is 2.80. The molecule has 0 aliphatic rings. The molecule has 0 fully saturated rings. The molecule has 3 aromatic rings. The summed E-state index contributed by atoms with van der Waals surface area (Å²) in [4.78, 5) is 4.26. The van der Waals surface area contributed by atoms with Crippen LogP contribution in [0.4, 0.5) is 5.82 Å². The Morgan fingerprint density at radius 1 is 1.29 bits per heavy atom. The summed E-state index contributed by atoms with van der Waals surface area (Å²) in [6.45, 7) is 0.939. The Hall–Kier alpha value is -1.81. The van der Waals surface area contributed by atoms with E-state index in [4.69, 9.17) is 0 Å². The molecule has 1 N–H and O–H groups in total. The summed E-state index contributed by atoms with van der Waals surface area (Å²) >= 11 is 1.75. The summed E-state index contributed by atoms with van der Waals surface area (Å²) in [5, 5.41) is 7.75. The second kappa shape index (κ2) is 4.59. The van der Waals surface area contributed by atoms with Crippen LogP contribution < -0.4 is 5.32 Å². The Labute approximate surface area is 104 Å². The van der Waals surface area contributed by atoms with Crippen molar-refractivity contribution in [3.05, 3.63) is 53.0 Å². The van der Waals surface area contributed by atoms with Gasteiger partial charge in [0.2, 0.25) is 0 Å². The SMILES string of the molecule is c1cc(NCCc2ccsc2)n2ccnc2c1. The highest BCUT2D eigenvalue weighted by molar-refractivity contribution is 7.07. The number of hydrogen-bond acceptors (Lipinski definition) is 3. The smallest absolute Gasteiger partial charge is 0.138 e. The molecule has 3 rings (SSSR count). The van der Waals surface area contributed by atoms with Crippen molar-refractivity contribution < 1.29 is 0 Å². The van der Waals surface area contributed by atoms with Gasteiger partial charge in [0.05, 0.1) is 0 Å². The van der Waals surface area contributed by atoms with E-state index in [1.54, 1.807) is 11.3 Å². The molecule has 17 heavy (non-hydrogen) atoms. The average Bonchev–Trinajstić information content (AvgIpc) is 2.99. The van der Waals surface area contributed by atoms with Gasteiger partial charge in [0.15, 0.2) is 0 Å². The first-order chi connectivity index (χ1) is 8.43. The third kappa shape index (κ3) is 2.17. The lowest BCUT2D eigenvalue weighted by atomic mass is 10.2. The van der Waals surface area contributed by atoms with Crippen LogP contribution >= 0.6 is 11.3 Å². The lowest BCUT2D eigenvalue weighted by Crippen LogP contribution is -2.07. The molecule has 3 aromatic heterocycles. The van der Waals surface area contributed by atoms with Crippen LogP contribution in [0.1, 0.15) is 5.56 Å². The van der Waals surface area contributed by atoms with Gasteiger partial charge in [-0.25, -0.2) is 4.98 Å². The van der Waals surface area contributed by atoms with E-state index < -0.39 is 0 Å². The van der Waals surface area contributed by atoms with Crippen LogP contribution in [-0.2, 0) is 6.42 Å². The number of nitrogens with one attached hydrogen (secondary N) is 1. The van der Waals surface area contributed by atoms with E-state index in [1.165, 1.54) is 5.56 Å². The molecule has 0 amide bonds. The number of thiophene rings is 1. The van der Waals surface area contributed by atoms with Crippen molar-refractivity contribution in [2.75, 3.05) is 11.9 Å². The lowest BCUT2D eigenvalue weighted by Gasteiger charge is -2.08. The summed E-state index contributed by atoms with van der Waals surface area (Å²) < 4.78 is 2.06. The number of fused-ring (bicyclic) bond motifs is 1. The van der Waals surface area contributed by atoms with E-state index in [2.05, 4.69) is 37.6 Å². The van der Waals surface area contributed by atoms with Crippen LogP contribution in [0.15, 0.2) is 47.4 Å². The van der Waals surface area contributed by atoms with Gasteiger partial charge < -0.3 is 5.32 Å². The Balaban J connectivity index is 1.70. The largest absolute Gasteiger partial charge is 0.371 e. The van der Waals surface area contributed by atoms with Gasteiger partial charge in [-0.2, -0.15) is 11.3 Å². The molecule has 3 heterocycles. The summed E-state index contributed by atoms with van der Waals surface area (Å²) in [7, 11) is 0. The Bertz CT molecular complexity index is 598. The van der Waals surface area contributed by atoms with Gasteiger partial charge in [-0.1, -0.05) is 6.07 Å². The molecular weight excluding hydrogens is 230 g/mol. The molecule has 0 unspecified atom stereocenters. The van der Waals surface area contributed by atoms with E-state index >= 15 is 0 Å². The maximum Gasteiger partial charge on any atom is 0.138 e. The fraction of sp³-hybridized carbons (Fsp3) is 0.154. The zero-order valence-electron chi connectivity index (χ0n) is 9.34. The number of pyridine rings is 1. The molecular formula is C13H13N3S. The van der Waals surface area contributed by atoms with Gasteiger partial charge in [0, 0.05) is 18.9 Å². The van der Waals surface area contributed by atoms with Crippen LogP contribution in [-0.4, -0.2) is 15.9 Å². The van der Waals surface area contributed by atoms with Gasteiger partial charge in [0.1, 0.15) is 11.5 Å². The minimum atomic E-state index is 0.939. The fourth-order valence-electron chi connectivity index (χ4n) is 1.86. The van der Waals surface area contributed by atoms with Crippen LogP contribution in [0.2, 0.25) is 0 Å². The van der Waals surface area contributed by atoms with Crippen molar-refractivity contribution in [1.29, 1.82) is 0 Å². The number of rotatable bonds is 4. The second-order valence-electron chi connectivity index (χ2n) is 3.87. The molecule has 3 nitrogen and oxygen atoms in total. The monoisotopic (exact) mass is 243 g/mol. The van der Waals surface area contributed by atoms with E-state index in [0.717, 1.165) is 24.4 Å². The summed E-state index contributed by atoms with van der Waals surface area (Å²) in [5.41, 5.74) is 2.37. The topological polar surface area (TPSA) is 29.3 Å². The summed E-state index contributed by atoms with van der Waals surface area (Å²) in [6.07, 6.45) is 4.84. The van der Waals surface area contributed by atoms with Crippen molar-refractivity contribution >= 4 is 22.8 Å². The van der Waals surface area contributed by atoms with Gasteiger partial charge in [-0.3, -0.25) is 4.40 Å². The van der Waals surface area contributed by atoms with E-state index in [-0.39, 0.29) is 0 Å². The van der Waals surface area contributed by atoms with Gasteiger partial charge >= 0.3 is 0 Å². The van der Waals surface area contributed by atoms with Crippen molar-refractivity contribution in [3.8, 4) is 0 Å². The van der Waals surface area contributed by atoms with E-state index in [0.29, 0.717) is 0 Å². The minimum Gasteiger partial charge on any atom is -0.371 e. The number of anilines is 1. The molecule has 0 saturated carbocycles. The molecule has 0 bridgehead atoms. The molecule has 0 saturated heterocycles. The van der Waals surface area contributed by atoms with E-state index in [9.17, 15) is 0 Å². The van der Waals surface area contributed by atoms with Crippen LogP contribution in [0.5, 0.6) is 0 Å². The number of nitrogens with zero attached hydrogens (tertiary/aromatic N) is 2. The van der Waals surface area contributed by atoms with Gasteiger partial charge in [0.25, 0.3) is 0 Å². The van der Waals surface area contributed by atoms with Crippen LogP contribution in [0, 0.1) is 0 Å². The summed E-state index contributed by atoms with van der Waals surface area (Å²) in [6, 6.07) is 8.27. The predicted molar refractivity (Wildman–Crippen MR) is 71.7 cm³/mol. The third-order valence-electron chi connectivity index (χ3n) is 2.73. The van der Waals surface area contributed by atoms with Crippen molar-refractivity contribution in [2.45, 2.75) is 6.42 Å². The van der Waals surface area contributed by atoms with E-state index in [1.807, 2.05) is 24.5 Å². The first-order valence-corrected chi connectivity index (χ1v) is 6.55. The highest BCUT2D eigenvalue weighted by atomic mass is 32.1. The average molecular weight is 243 g/mol. The molecule has 0 atom stereocenters. The molecule has 0 aliphatic carbocycles. The molecule has 0 aliphatic heterocycles. The number of imidazole rings is 1. The number of aromatic nitrogens is 2. The Morgan fingerprint density at radius 2 is 2.29 bits per heavy atom. The first kappa shape index (κ1) is 10.4. The fourth-order valence-corrected chi connectivity index (χ4v) is 2.56. The standard InChI is InChI=1S/C13H13N3S/c1-2-12(16-8-7-15-13(16)3-1)14-6-4-11-5-9-17-10-11/h1-3,5,7-10,14H,4,6H2. The lowest BCUT2D eigenvalue weighted by molar-refractivity contribution is 1.00. The van der Waals surface area contributed by atoms with Crippen LogP contribution in [0.25, 0.3) is 5.65 Å². The quantitative estimate of drug-likeness (QED) is 0.763. The highest BCUT2D eigenvalue weighted by Crippen LogP contribution is 2.11. The zero-order valence-corrected chi connectivity index (χ0v) is 10.2. The molecule has 4 heteroatoms. The minimum absolute atomic E-state index is 0.939. The molecule has 86 valence electrons. The van der Waals surface area contributed by atoms with Crippen molar-refractivity contribution in [2.24, 2.45) is 0 Å².